The zero-order valence-corrected chi connectivity index (χ0v) is 9.84. The van der Waals surface area contributed by atoms with Crippen LogP contribution in [0, 0.1) is 11.3 Å². The molecule has 84 valence electrons. The Hall–Kier alpha value is -0.120. The van der Waals surface area contributed by atoms with Gasteiger partial charge in [-0.05, 0) is 25.4 Å². The van der Waals surface area contributed by atoms with Crippen molar-refractivity contribution in [2.75, 3.05) is 20.2 Å². The van der Waals surface area contributed by atoms with Crippen molar-refractivity contribution < 1.29 is 4.74 Å². The maximum absolute atomic E-state index is 5.57. The van der Waals surface area contributed by atoms with Gasteiger partial charge in [0.15, 0.2) is 0 Å². The van der Waals surface area contributed by atoms with Crippen LogP contribution in [-0.2, 0) is 4.74 Å². The monoisotopic (exact) mass is 200 g/mol. The van der Waals surface area contributed by atoms with Gasteiger partial charge < -0.3 is 15.8 Å². The van der Waals surface area contributed by atoms with Crippen LogP contribution >= 0.6 is 0 Å². The van der Waals surface area contributed by atoms with Crippen LogP contribution in [0.4, 0.5) is 0 Å². The van der Waals surface area contributed by atoms with Crippen LogP contribution in [0.3, 0.4) is 0 Å². The van der Waals surface area contributed by atoms with Gasteiger partial charge in [-0.25, -0.2) is 0 Å². The summed E-state index contributed by atoms with van der Waals surface area (Å²) in [6.45, 7) is 8.46. The van der Waals surface area contributed by atoms with Crippen molar-refractivity contribution in [3.8, 4) is 0 Å². The van der Waals surface area contributed by atoms with E-state index in [4.69, 9.17) is 10.5 Å². The molecule has 0 bridgehead atoms. The van der Waals surface area contributed by atoms with Crippen molar-refractivity contribution in [2.24, 2.45) is 17.1 Å². The molecule has 0 spiro atoms. The lowest BCUT2D eigenvalue weighted by Gasteiger charge is -2.51. The first-order valence-corrected chi connectivity index (χ1v) is 5.48. The molecule has 3 atom stereocenters. The van der Waals surface area contributed by atoms with Crippen molar-refractivity contribution in [3.63, 3.8) is 0 Å². The molecule has 0 saturated heterocycles. The van der Waals surface area contributed by atoms with Crippen molar-refractivity contribution in [2.45, 2.75) is 39.3 Å². The molecule has 1 aliphatic carbocycles. The fraction of sp³-hybridized carbons (Fsp3) is 1.00. The van der Waals surface area contributed by atoms with Crippen molar-refractivity contribution >= 4 is 0 Å². The molecule has 14 heavy (non-hydrogen) atoms. The lowest BCUT2D eigenvalue weighted by atomic mass is 9.64. The van der Waals surface area contributed by atoms with E-state index in [0.29, 0.717) is 18.1 Å². The second-order valence-electron chi connectivity index (χ2n) is 5.08. The molecule has 0 heterocycles. The van der Waals surface area contributed by atoms with Gasteiger partial charge in [-0.2, -0.15) is 0 Å². The minimum Gasteiger partial charge on any atom is -0.381 e. The Labute approximate surface area is 87.4 Å². The predicted molar refractivity (Wildman–Crippen MR) is 59.2 cm³/mol. The van der Waals surface area contributed by atoms with Crippen LogP contribution in [0.2, 0.25) is 0 Å². The fourth-order valence-electron chi connectivity index (χ4n) is 2.06. The van der Waals surface area contributed by atoms with Gasteiger partial charge in [-0.3, -0.25) is 0 Å². The van der Waals surface area contributed by atoms with Gasteiger partial charge in [-0.1, -0.05) is 20.8 Å². The van der Waals surface area contributed by atoms with Gasteiger partial charge in [0, 0.05) is 18.6 Å². The van der Waals surface area contributed by atoms with Crippen LogP contribution in [0.15, 0.2) is 0 Å². The first-order chi connectivity index (χ1) is 6.52. The quantitative estimate of drug-likeness (QED) is 0.695. The smallest absolute Gasteiger partial charge is 0.0652 e. The highest BCUT2D eigenvalue weighted by Crippen LogP contribution is 2.42. The Balaban J connectivity index is 2.28. The van der Waals surface area contributed by atoms with E-state index in [2.05, 4.69) is 26.1 Å². The Morgan fingerprint density at radius 2 is 2.21 bits per heavy atom. The number of nitrogens with two attached hydrogens (primary N) is 1. The van der Waals surface area contributed by atoms with E-state index in [1.807, 2.05) is 0 Å². The number of methoxy groups -OCH3 is 1. The predicted octanol–water partition coefficient (Wildman–Crippen LogP) is 0.984. The molecule has 0 amide bonds. The average Bonchev–Trinajstić information content (AvgIpc) is 2.16. The van der Waals surface area contributed by atoms with E-state index in [0.717, 1.165) is 19.5 Å². The maximum atomic E-state index is 5.57. The Kier molecular flexibility index (Phi) is 3.93. The normalized spacial score (nSPS) is 32.4. The summed E-state index contributed by atoms with van der Waals surface area (Å²) in [7, 11) is 1.80. The molecule has 0 aromatic heterocycles. The zero-order chi connectivity index (χ0) is 10.8. The number of rotatable bonds is 5. The van der Waals surface area contributed by atoms with Crippen LogP contribution in [-0.4, -0.2) is 32.3 Å². The highest BCUT2D eigenvalue weighted by atomic mass is 16.5. The molecule has 1 saturated carbocycles. The largest absolute Gasteiger partial charge is 0.381 e. The minimum atomic E-state index is 0.267. The first-order valence-electron chi connectivity index (χ1n) is 5.48. The number of hydrogen-bond donors (Lipinski definition) is 2. The lowest BCUT2D eigenvalue weighted by Crippen LogP contribution is -2.61. The molecule has 0 aromatic rings. The van der Waals surface area contributed by atoms with Crippen molar-refractivity contribution in [1.82, 2.24) is 5.32 Å². The molecule has 0 aromatic carbocycles. The maximum Gasteiger partial charge on any atom is 0.0652 e. The third-order valence-electron chi connectivity index (χ3n) is 3.58. The molecule has 0 aliphatic heterocycles. The van der Waals surface area contributed by atoms with E-state index < -0.39 is 0 Å². The van der Waals surface area contributed by atoms with Crippen LogP contribution in [0.1, 0.15) is 27.2 Å². The summed E-state index contributed by atoms with van der Waals surface area (Å²) in [6, 6.07) is 0.585. The zero-order valence-electron chi connectivity index (χ0n) is 9.84. The molecule has 3 unspecified atom stereocenters. The fourth-order valence-corrected chi connectivity index (χ4v) is 2.06. The lowest BCUT2D eigenvalue weighted by molar-refractivity contribution is -0.0978. The highest BCUT2D eigenvalue weighted by Gasteiger charge is 2.48. The molecule has 3 nitrogen and oxygen atoms in total. The van der Waals surface area contributed by atoms with Gasteiger partial charge in [-0.15, -0.1) is 0 Å². The van der Waals surface area contributed by atoms with Gasteiger partial charge in [0.25, 0.3) is 0 Å². The Morgan fingerprint density at radius 3 is 2.64 bits per heavy atom. The third-order valence-corrected chi connectivity index (χ3v) is 3.58. The Morgan fingerprint density at radius 1 is 1.57 bits per heavy atom. The Bertz CT molecular complexity index is 182. The van der Waals surface area contributed by atoms with Crippen LogP contribution < -0.4 is 11.1 Å². The van der Waals surface area contributed by atoms with Gasteiger partial charge in [0.05, 0.1) is 6.10 Å². The summed E-state index contributed by atoms with van der Waals surface area (Å²) < 4.78 is 5.40. The summed E-state index contributed by atoms with van der Waals surface area (Å²) in [6.07, 6.45) is 1.54. The second kappa shape index (κ2) is 4.60. The summed E-state index contributed by atoms with van der Waals surface area (Å²) in [5.74, 6) is 0.562. The molecule has 3 N–H and O–H groups in total. The summed E-state index contributed by atoms with van der Waals surface area (Å²) >= 11 is 0. The molecule has 1 fully saturated rings. The average molecular weight is 200 g/mol. The van der Waals surface area contributed by atoms with E-state index in [1.165, 1.54) is 0 Å². The van der Waals surface area contributed by atoms with E-state index >= 15 is 0 Å². The van der Waals surface area contributed by atoms with E-state index in [1.54, 1.807) is 7.11 Å². The molecule has 0 radical (unpaired) electrons. The molecular weight excluding hydrogens is 176 g/mol. The molecular formula is C11H24N2O. The van der Waals surface area contributed by atoms with Crippen molar-refractivity contribution in [3.05, 3.63) is 0 Å². The standard InChI is InChI=1S/C11H24N2O/c1-8(6-12)7-13-9-5-10(14-4)11(9,2)3/h8-10,13H,5-7,12H2,1-4H3. The minimum absolute atomic E-state index is 0.267. The van der Waals surface area contributed by atoms with Crippen LogP contribution in [0.25, 0.3) is 0 Å². The van der Waals surface area contributed by atoms with E-state index in [9.17, 15) is 0 Å². The SMILES string of the molecule is COC1CC(NCC(C)CN)C1(C)C. The second-order valence-corrected chi connectivity index (χ2v) is 5.08. The topological polar surface area (TPSA) is 47.3 Å². The molecule has 1 rings (SSSR count). The highest BCUT2D eigenvalue weighted by molar-refractivity contribution is 5.02. The summed E-state index contributed by atoms with van der Waals surface area (Å²) in [5.41, 5.74) is 5.84. The summed E-state index contributed by atoms with van der Waals surface area (Å²) in [5, 5.41) is 3.56. The van der Waals surface area contributed by atoms with Gasteiger partial charge >= 0.3 is 0 Å². The summed E-state index contributed by atoms with van der Waals surface area (Å²) in [4.78, 5) is 0. The number of hydrogen-bond acceptors (Lipinski definition) is 3. The van der Waals surface area contributed by atoms with E-state index in [-0.39, 0.29) is 5.41 Å². The van der Waals surface area contributed by atoms with Crippen LogP contribution in [0.5, 0.6) is 0 Å². The van der Waals surface area contributed by atoms with Crippen molar-refractivity contribution in [1.29, 1.82) is 0 Å². The third kappa shape index (κ3) is 2.27. The molecule has 3 heteroatoms. The molecule has 1 aliphatic rings. The van der Waals surface area contributed by atoms with Gasteiger partial charge in [0.2, 0.25) is 0 Å². The number of ether oxygens (including phenoxy) is 1. The van der Waals surface area contributed by atoms with Gasteiger partial charge in [0.1, 0.15) is 0 Å². The number of nitrogens with one attached hydrogen (secondary N) is 1. The first kappa shape index (κ1) is 12.0.